The Hall–Kier alpha value is -0.0800. The van der Waals surface area contributed by atoms with E-state index < -0.39 is 15.9 Å². The predicted octanol–water partition coefficient (Wildman–Crippen LogP) is 4.22. The lowest BCUT2D eigenvalue weighted by molar-refractivity contribution is -0.158. The van der Waals surface area contributed by atoms with E-state index in [1.807, 2.05) is 20.9 Å². The van der Waals surface area contributed by atoms with Crippen molar-refractivity contribution < 1.29 is 19.4 Å². The van der Waals surface area contributed by atoms with Crippen molar-refractivity contribution in [2.75, 3.05) is 26.0 Å². The second kappa shape index (κ2) is 16.7. The monoisotopic (exact) mass is 437 g/mol. The van der Waals surface area contributed by atoms with E-state index in [0.29, 0.717) is 18.8 Å². The van der Waals surface area contributed by atoms with Crippen molar-refractivity contribution in [1.82, 2.24) is 4.31 Å². The molecule has 0 saturated carbocycles. The van der Waals surface area contributed by atoms with Gasteiger partial charge in [0.15, 0.2) is 6.29 Å². The maximum absolute atomic E-state index is 12.6. The molecule has 0 amide bonds. The van der Waals surface area contributed by atoms with Gasteiger partial charge in [-0.1, -0.05) is 56.6 Å². The highest BCUT2D eigenvalue weighted by Gasteiger charge is 2.28. The zero-order valence-corrected chi connectivity index (χ0v) is 20.4. The van der Waals surface area contributed by atoms with Crippen molar-refractivity contribution in [2.45, 2.75) is 92.0 Å². The normalized spacial score (nSPS) is 16.2. The summed E-state index contributed by atoms with van der Waals surface area (Å²) >= 11 is 5.68. The number of rotatable bonds is 17. The maximum atomic E-state index is 12.6. The van der Waals surface area contributed by atoms with Gasteiger partial charge in [0.2, 0.25) is 0 Å². The van der Waals surface area contributed by atoms with E-state index in [1.54, 1.807) is 0 Å². The van der Waals surface area contributed by atoms with Gasteiger partial charge < -0.3 is 14.6 Å². The summed E-state index contributed by atoms with van der Waals surface area (Å²) in [5, 5.41) is 10.5. The zero-order valence-electron chi connectivity index (χ0n) is 18.8. The Kier molecular flexibility index (Phi) is 16.6. The van der Waals surface area contributed by atoms with Gasteiger partial charge in [0.25, 0.3) is 0 Å². The molecule has 1 N–H and O–H groups in total. The molecule has 4 atom stereocenters. The molecular weight excluding hydrogens is 394 g/mol. The van der Waals surface area contributed by atoms with Crippen molar-refractivity contribution in [1.29, 1.82) is 0 Å². The lowest BCUT2D eigenvalue weighted by Crippen LogP contribution is -2.35. The minimum Gasteiger partial charge on any atom is -0.462 e. The fraction of sp³-hybridized carbons (Fsp3) is 0.952. The Balaban J connectivity index is 4.92. The van der Waals surface area contributed by atoms with E-state index >= 15 is 0 Å². The number of carbonyl (C=O) groups is 1. The third-order valence-corrected chi connectivity index (χ3v) is 7.60. The molecule has 0 aliphatic carbocycles. The molecule has 0 bridgehead atoms. The number of unbranched alkanes of at least 4 members (excludes halogenated alkanes) is 1. The van der Waals surface area contributed by atoms with Gasteiger partial charge >= 0.3 is 5.97 Å². The van der Waals surface area contributed by atoms with Gasteiger partial charge in [-0.3, -0.25) is 9.10 Å². The highest BCUT2D eigenvalue weighted by molar-refractivity contribution is 8.27. The molecule has 0 aromatic heterocycles. The molecule has 28 heavy (non-hydrogen) atoms. The molecule has 0 radical (unpaired) electrons. The topological polar surface area (TPSA) is 59.0 Å². The molecular formula is C21H43NO4S2. The molecule has 0 fully saturated rings. The molecule has 4 unspecified atom stereocenters. The Morgan fingerprint density at radius 1 is 1.14 bits per heavy atom. The van der Waals surface area contributed by atoms with Crippen LogP contribution in [0.5, 0.6) is 0 Å². The van der Waals surface area contributed by atoms with Crippen LogP contribution in [-0.2, 0) is 35.1 Å². The fourth-order valence-corrected chi connectivity index (χ4v) is 5.11. The highest BCUT2D eigenvalue weighted by Crippen LogP contribution is 2.22. The number of aliphatic hydroxyl groups excluding tert-OH is 1. The van der Waals surface area contributed by atoms with E-state index in [2.05, 4.69) is 25.1 Å². The van der Waals surface area contributed by atoms with Crippen LogP contribution in [0.1, 0.15) is 79.6 Å². The summed E-state index contributed by atoms with van der Waals surface area (Å²) < 4.78 is 13.4. The number of nitrogens with zero attached hydrogens (tertiary/aromatic N) is 1. The van der Waals surface area contributed by atoms with E-state index in [0.717, 1.165) is 45.1 Å². The molecule has 0 rings (SSSR count). The summed E-state index contributed by atoms with van der Waals surface area (Å²) in [6, 6.07) is 0. The summed E-state index contributed by atoms with van der Waals surface area (Å²) in [4.78, 5) is 12.6. The van der Waals surface area contributed by atoms with Gasteiger partial charge in [-0.2, -0.15) is 0 Å². The molecule has 0 heterocycles. The minimum absolute atomic E-state index is 0.00558. The molecule has 5 nitrogen and oxygen atoms in total. The smallest absolute Gasteiger partial charge is 0.308 e. The maximum Gasteiger partial charge on any atom is 0.308 e. The summed E-state index contributed by atoms with van der Waals surface area (Å²) in [7, 11) is 1.64. The van der Waals surface area contributed by atoms with E-state index in [9.17, 15) is 9.90 Å². The average molecular weight is 438 g/mol. The second-order valence-electron chi connectivity index (χ2n) is 7.57. The third-order valence-electron chi connectivity index (χ3n) is 4.83. The lowest BCUT2D eigenvalue weighted by atomic mass is 9.96. The number of esters is 1. The van der Waals surface area contributed by atoms with Crippen molar-refractivity contribution >= 4 is 26.8 Å². The largest absolute Gasteiger partial charge is 0.462 e. The van der Waals surface area contributed by atoms with Gasteiger partial charge in [-0.05, 0) is 50.8 Å². The van der Waals surface area contributed by atoms with E-state index in [1.165, 1.54) is 0 Å². The van der Waals surface area contributed by atoms with E-state index in [-0.39, 0.29) is 23.9 Å². The highest BCUT2D eigenvalue weighted by atomic mass is 32.8. The van der Waals surface area contributed by atoms with Gasteiger partial charge in [0.1, 0.15) is 6.10 Å². The van der Waals surface area contributed by atoms with Gasteiger partial charge in [0, 0.05) is 24.8 Å². The third kappa shape index (κ3) is 11.8. The van der Waals surface area contributed by atoms with Crippen LogP contribution in [0.25, 0.3) is 0 Å². The Morgan fingerprint density at radius 2 is 1.75 bits per heavy atom. The van der Waals surface area contributed by atoms with Crippen LogP contribution in [0.2, 0.25) is 0 Å². The predicted molar refractivity (Wildman–Crippen MR) is 122 cm³/mol. The number of hydrogen-bond acceptors (Lipinski definition) is 5. The molecule has 0 saturated heterocycles. The average Bonchev–Trinajstić information content (AvgIpc) is 2.65. The summed E-state index contributed by atoms with van der Waals surface area (Å²) in [5.41, 5.74) is 0. The molecule has 0 aliphatic rings. The fourth-order valence-electron chi connectivity index (χ4n) is 3.10. The van der Waals surface area contributed by atoms with Crippen molar-refractivity contribution in [3.8, 4) is 0 Å². The zero-order chi connectivity index (χ0) is 21.5. The first-order valence-electron chi connectivity index (χ1n) is 10.9. The Labute approximate surface area is 180 Å². The van der Waals surface area contributed by atoms with Crippen LogP contribution in [0.3, 0.4) is 0 Å². The Morgan fingerprint density at radius 3 is 2.25 bits per heavy atom. The Bertz CT molecular complexity index is 431. The van der Waals surface area contributed by atoms with Gasteiger partial charge in [-0.15, -0.1) is 0 Å². The first kappa shape index (κ1) is 27.9. The lowest BCUT2D eigenvalue weighted by Gasteiger charge is -2.28. The number of aliphatic hydroxyl groups is 1. The first-order valence-corrected chi connectivity index (χ1v) is 13.2. The molecule has 0 aromatic rings. The molecule has 0 aromatic carbocycles. The summed E-state index contributed by atoms with van der Waals surface area (Å²) in [5.74, 6) is -0.00142. The van der Waals surface area contributed by atoms with Gasteiger partial charge in [-0.25, -0.2) is 0 Å². The van der Waals surface area contributed by atoms with Crippen LogP contribution in [0.15, 0.2) is 0 Å². The number of ether oxygens (including phenoxy) is 2. The molecule has 0 aliphatic heterocycles. The summed E-state index contributed by atoms with van der Waals surface area (Å²) in [6.45, 7) is 11.5. The second-order valence-corrected chi connectivity index (χ2v) is 10.3. The van der Waals surface area contributed by atoms with Crippen molar-refractivity contribution in [3.05, 3.63) is 0 Å². The first-order chi connectivity index (χ1) is 13.3. The van der Waals surface area contributed by atoms with Crippen LogP contribution < -0.4 is 0 Å². The van der Waals surface area contributed by atoms with Crippen LogP contribution in [-0.4, -0.2) is 53.7 Å². The SMILES string of the molecule is CCCCN(C)S(=S)CC(CC(C)C(=O)OC(CCC)CCC)C(O)OCC. The van der Waals surface area contributed by atoms with E-state index in [4.69, 9.17) is 20.7 Å². The summed E-state index contributed by atoms with van der Waals surface area (Å²) in [6.07, 6.45) is 5.64. The quantitative estimate of drug-likeness (QED) is 0.271. The molecule has 7 heteroatoms. The number of hydrogen-bond donors (Lipinski definition) is 1. The van der Waals surface area contributed by atoms with Crippen LogP contribution in [0.4, 0.5) is 0 Å². The molecule has 168 valence electrons. The molecule has 0 spiro atoms. The van der Waals surface area contributed by atoms with Crippen molar-refractivity contribution in [2.24, 2.45) is 11.8 Å². The minimum atomic E-state index is -0.903. The number of carbonyl (C=O) groups excluding carboxylic acids is 1. The standard InChI is InChI=1S/C21H43NO4S2/c1-7-11-14-22(6)28(27)16-18(21(24)25-10-4)15-17(5)20(23)26-19(12-8-2)13-9-3/h17-19,21,24H,7-16H2,1-6H3. The van der Waals surface area contributed by atoms with Crippen LogP contribution >= 0.6 is 0 Å². The van der Waals surface area contributed by atoms with Gasteiger partial charge in [0.05, 0.1) is 5.92 Å². The van der Waals surface area contributed by atoms with Crippen molar-refractivity contribution in [3.63, 3.8) is 0 Å². The van der Waals surface area contributed by atoms with Crippen LogP contribution in [0, 0.1) is 11.8 Å².